The van der Waals surface area contributed by atoms with E-state index in [0.717, 1.165) is 78.2 Å². The third-order valence-electron chi connectivity index (χ3n) is 5.78. The number of likely N-dealkylation sites (tertiary alicyclic amines) is 1. The van der Waals surface area contributed by atoms with Crippen LogP contribution < -0.4 is 5.32 Å². The lowest BCUT2D eigenvalue weighted by molar-refractivity contribution is -0.00848. The van der Waals surface area contributed by atoms with Gasteiger partial charge in [-0.3, -0.25) is 14.8 Å². The highest BCUT2D eigenvalue weighted by Gasteiger charge is 2.32. The van der Waals surface area contributed by atoms with Crippen molar-refractivity contribution < 1.29 is 9.47 Å². The fourth-order valence-corrected chi connectivity index (χ4v) is 4.08. The number of ether oxygens (including phenoxy) is 2. The Morgan fingerprint density at radius 3 is 2.32 bits per heavy atom. The maximum atomic E-state index is 5.48. The first-order valence-corrected chi connectivity index (χ1v) is 9.70. The first kappa shape index (κ1) is 18.9. The van der Waals surface area contributed by atoms with Gasteiger partial charge in [-0.25, -0.2) is 0 Å². The fraction of sp³-hybridized carbons (Fsp3) is 0.944. The third kappa shape index (κ3) is 4.84. The number of nitrogens with one attached hydrogen (secondary N) is 1. The van der Waals surface area contributed by atoms with Crippen molar-refractivity contribution in [3.63, 3.8) is 0 Å². The normalized spacial score (nSPS) is 27.7. The molecule has 0 aromatic rings. The molecule has 0 aliphatic carbocycles. The zero-order chi connectivity index (χ0) is 17.7. The number of aliphatic imine (C=N–C) groups is 1. The molecule has 0 saturated carbocycles. The highest BCUT2D eigenvalue weighted by atomic mass is 16.5. The molecule has 3 fully saturated rings. The number of hydrogen-bond acceptors (Lipinski definition) is 5. The lowest BCUT2D eigenvalue weighted by atomic mass is 10.0. The van der Waals surface area contributed by atoms with Gasteiger partial charge in [0, 0.05) is 64.4 Å². The Kier molecular flexibility index (Phi) is 6.55. The van der Waals surface area contributed by atoms with E-state index in [1.807, 2.05) is 7.05 Å². The Morgan fingerprint density at radius 2 is 1.68 bits per heavy atom. The van der Waals surface area contributed by atoms with Crippen molar-refractivity contribution >= 4 is 5.96 Å². The van der Waals surface area contributed by atoms with E-state index in [0.29, 0.717) is 6.04 Å². The molecule has 0 bridgehead atoms. The Bertz CT molecular complexity index is 445. The number of nitrogens with zero attached hydrogens (tertiary/aromatic N) is 4. The number of rotatable bonds is 4. The van der Waals surface area contributed by atoms with Crippen LogP contribution >= 0.6 is 0 Å². The Balaban J connectivity index is 1.49. The smallest absolute Gasteiger partial charge is 0.193 e. The second kappa shape index (κ2) is 8.66. The number of morpholine rings is 2. The monoisotopic (exact) mass is 353 g/mol. The minimum atomic E-state index is 0.100. The summed E-state index contributed by atoms with van der Waals surface area (Å²) in [5, 5.41) is 3.62. The maximum Gasteiger partial charge on any atom is 0.193 e. The zero-order valence-corrected chi connectivity index (χ0v) is 16.2. The largest absolute Gasteiger partial charge is 0.379 e. The molecule has 3 aliphatic heterocycles. The van der Waals surface area contributed by atoms with Gasteiger partial charge in [-0.15, -0.1) is 0 Å². The standard InChI is InChI=1S/C18H35N5O2/c1-18(2,23-8-12-25-13-9-23)15-20-17(19-3)22-5-4-16(14-22)21-6-10-24-11-7-21/h16H,4-15H2,1-3H3,(H,19,20). The Morgan fingerprint density at radius 1 is 1.04 bits per heavy atom. The highest BCUT2D eigenvalue weighted by Crippen LogP contribution is 2.18. The van der Waals surface area contributed by atoms with Crippen molar-refractivity contribution in [2.45, 2.75) is 31.8 Å². The molecule has 3 rings (SSSR count). The summed E-state index contributed by atoms with van der Waals surface area (Å²) in [6.45, 7) is 15.2. The lowest BCUT2D eigenvalue weighted by Gasteiger charge is -2.41. The zero-order valence-electron chi connectivity index (χ0n) is 16.2. The van der Waals surface area contributed by atoms with E-state index in [9.17, 15) is 0 Å². The van der Waals surface area contributed by atoms with E-state index in [-0.39, 0.29) is 5.54 Å². The second-order valence-electron chi connectivity index (χ2n) is 7.85. The molecule has 144 valence electrons. The summed E-state index contributed by atoms with van der Waals surface area (Å²) in [5.74, 6) is 1.04. The molecule has 0 amide bonds. The third-order valence-corrected chi connectivity index (χ3v) is 5.78. The molecule has 1 unspecified atom stereocenters. The number of hydrogen-bond donors (Lipinski definition) is 1. The van der Waals surface area contributed by atoms with Crippen LogP contribution in [0.15, 0.2) is 4.99 Å². The van der Waals surface area contributed by atoms with Crippen molar-refractivity contribution in [2.75, 3.05) is 79.3 Å². The predicted molar refractivity (Wildman–Crippen MR) is 100 cm³/mol. The van der Waals surface area contributed by atoms with Gasteiger partial charge in [0.15, 0.2) is 5.96 Å². The first-order valence-electron chi connectivity index (χ1n) is 9.70. The predicted octanol–water partition coefficient (Wildman–Crippen LogP) is 0.0791. The van der Waals surface area contributed by atoms with Crippen molar-refractivity contribution in [2.24, 2.45) is 4.99 Å². The summed E-state index contributed by atoms with van der Waals surface area (Å²) < 4.78 is 11.0. The molecule has 1 N–H and O–H groups in total. The van der Waals surface area contributed by atoms with Crippen LogP contribution in [0.1, 0.15) is 20.3 Å². The van der Waals surface area contributed by atoms with Gasteiger partial charge < -0.3 is 19.7 Å². The molecule has 1 atom stereocenters. The van der Waals surface area contributed by atoms with Crippen LogP contribution in [0.5, 0.6) is 0 Å². The van der Waals surface area contributed by atoms with Crippen LogP contribution in [0.2, 0.25) is 0 Å². The lowest BCUT2D eigenvalue weighted by Crippen LogP contribution is -2.57. The van der Waals surface area contributed by atoms with Crippen LogP contribution in [0.4, 0.5) is 0 Å². The van der Waals surface area contributed by atoms with Crippen molar-refractivity contribution in [3.05, 3.63) is 0 Å². The van der Waals surface area contributed by atoms with E-state index >= 15 is 0 Å². The minimum absolute atomic E-state index is 0.100. The van der Waals surface area contributed by atoms with E-state index in [2.05, 4.69) is 38.9 Å². The molecule has 0 aromatic heterocycles. The molecular weight excluding hydrogens is 318 g/mol. The molecule has 7 heteroatoms. The van der Waals surface area contributed by atoms with Gasteiger partial charge in [0.05, 0.1) is 26.4 Å². The average Bonchev–Trinajstić information content (AvgIpc) is 3.14. The molecule has 0 aromatic carbocycles. The molecule has 0 spiro atoms. The summed E-state index contributed by atoms with van der Waals surface area (Å²) in [5.41, 5.74) is 0.100. The molecule has 3 saturated heterocycles. The molecule has 25 heavy (non-hydrogen) atoms. The van der Waals surface area contributed by atoms with Crippen LogP contribution in [0, 0.1) is 0 Å². The fourth-order valence-electron chi connectivity index (χ4n) is 4.08. The summed E-state index contributed by atoms with van der Waals surface area (Å²) in [4.78, 5) is 12.0. The van der Waals surface area contributed by atoms with Gasteiger partial charge in [-0.05, 0) is 20.3 Å². The first-order chi connectivity index (χ1) is 12.1. The van der Waals surface area contributed by atoms with Crippen LogP contribution in [-0.4, -0.2) is 112 Å². The van der Waals surface area contributed by atoms with Crippen molar-refractivity contribution in [1.29, 1.82) is 0 Å². The average molecular weight is 354 g/mol. The molecule has 7 nitrogen and oxygen atoms in total. The van der Waals surface area contributed by atoms with Gasteiger partial charge in [-0.2, -0.15) is 0 Å². The van der Waals surface area contributed by atoms with Gasteiger partial charge in [0.1, 0.15) is 0 Å². The van der Waals surface area contributed by atoms with Crippen molar-refractivity contribution in [1.82, 2.24) is 20.0 Å². The van der Waals surface area contributed by atoms with E-state index in [1.54, 1.807) is 0 Å². The maximum absolute atomic E-state index is 5.48. The van der Waals surface area contributed by atoms with Crippen LogP contribution in [0.3, 0.4) is 0 Å². The van der Waals surface area contributed by atoms with Gasteiger partial charge in [0.25, 0.3) is 0 Å². The summed E-state index contributed by atoms with van der Waals surface area (Å²) >= 11 is 0. The van der Waals surface area contributed by atoms with Crippen LogP contribution in [-0.2, 0) is 9.47 Å². The minimum Gasteiger partial charge on any atom is -0.379 e. The van der Waals surface area contributed by atoms with Gasteiger partial charge >= 0.3 is 0 Å². The van der Waals surface area contributed by atoms with Gasteiger partial charge in [-0.1, -0.05) is 0 Å². The molecular formula is C18H35N5O2. The summed E-state index contributed by atoms with van der Waals surface area (Å²) in [7, 11) is 1.89. The van der Waals surface area contributed by atoms with E-state index < -0.39 is 0 Å². The SMILES string of the molecule is CN=C(NCC(C)(C)N1CCOCC1)N1CCC(N2CCOCC2)C1. The molecule has 0 radical (unpaired) electrons. The topological polar surface area (TPSA) is 52.6 Å². The molecule has 3 heterocycles. The highest BCUT2D eigenvalue weighted by molar-refractivity contribution is 5.80. The Hall–Kier alpha value is -0.890. The second-order valence-corrected chi connectivity index (χ2v) is 7.85. The molecule has 3 aliphatic rings. The number of guanidine groups is 1. The summed E-state index contributed by atoms with van der Waals surface area (Å²) in [6.07, 6.45) is 1.22. The van der Waals surface area contributed by atoms with Crippen LogP contribution in [0.25, 0.3) is 0 Å². The Labute approximate surface area is 152 Å². The van der Waals surface area contributed by atoms with Gasteiger partial charge in [0.2, 0.25) is 0 Å². The van der Waals surface area contributed by atoms with E-state index in [1.165, 1.54) is 6.42 Å². The quantitative estimate of drug-likeness (QED) is 0.571. The summed E-state index contributed by atoms with van der Waals surface area (Å²) in [6, 6.07) is 0.634. The van der Waals surface area contributed by atoms with Crippen molar-refractivity contribution in [3.8, 4) is 0 Å². The van der Waals surface area contributed by atoms with E-state index in [4.69, 9.17) is 9.47 Å².